The van der Waals surface area contributed by atoms with E-state index in [0.29, 0.717) is 5.56 Å². The molecule has 1 aliphatic rings. The minimum absolute atomic E-state index is 0.314. The predicted octanol–water partition coefficient (Wildman–Crippen LogP) is 7.30. The van der Waals surface area contributed by atoms with E-state index >= 15 is 0 Å². The van der Waals surface area contributed by atoms with Crippen LogP contribution in [0.4, 0.5) is 17.6 Å². The van der Waals surface area contributed by atoms with Gasteiger partial charge in [0.25, 0.3) is 0 Å². The number of benzene rings is 3. The molecule has 3 aromatic carbocycles. The highest BCUT2D eigenvalue weighted by atomic mass is 79.9. The van der Waals surface area contributed by atoms with Gasteiger partial charge in [0.05, 0.1) is 12.7 Å². The molecule has 0 atom stereocenters. The van der Waals surface area contributed by atoms with Gasteiger partial charge in [-0.15, -0.1) is 0 Å². The summed E-state index contributed by atoms with van der Waals surface area (Å²) in [5.41, 5.74) is 1.93. The minimum Gasteiger partial charge on any atom is -0.497 e. The number of allylic oxidation sites excluding steroid dienone is 4. The van der Waals surface area contributed by atoms with Gasteiger partial charge >= 0.3 is 6.18 Å². The Hall–Kier alpha value is -3.38. The van der Waals surface area contributed by atoms with Crippen molar-refractivity contribution in [2.45, 2.75) is 12.6 Å². The molecule has 0 heterocycles. The summed E-state index contributed by atoms with van der Waals surface area (Å²) < 4.78 is 56.9. The third kappa shape index (κ3) is 7.82. The molecule has 0 amide bonds. The molecule has 1 aliphatic carbocycles. The maximum atomic E-state index is 13.1. The zero-order valence-corrected chi connectivity index (χ0v) is 20.5. The van der Waals surface area contributed by atoms with Crippen LogP contribution in [0.2, 0.25) is 0 Å². The fraction of sp³-hybridized carbons (Fsp3) is 0.103. The van der Waals surface area contributed by atoms with Crippen molar-refractivity contribution in [3.8, 4) is 0 Å². The molecule has 6 heteroatoms. The second-order valence-electron chi connectivity index (χ2n) is 7.71. The number of hydrogen-bond donors (Lipinski definition) is 0. The lowest BCUT2D eigenvalue weighted by molar-refractivity contribution is -0.137. The van der Waals surface area contributed by atoms with Crippen LogP contribution in [0.5, 0.6) is 0 Å². The fourth-order valence-corrected chi connectivity index (χ4v) is 3.72. The van der Waals surface area contributed by atoms with Gasteiger partial charge in [0.2, 0.25) is 0 Å². The minimum atomic E-state index is -4.35. The molecular formula is C29H23BrF4O. The van der Waals surface area contributed by atoms with Crippen LogP contribution in [-0.2, 0) is 10.9 Å². The van der Waals surface area contributed by atoms with E-state index in [0.717, 1.165) is 50.4 Å². The number of alkyl halides is 3. The summed E-state index contributed by atoms with van der Waals surface area (Å²) in [6.07, 6.45) is 6.17. The summed E-state index contributed by atoms with van der Waals surface area (Å²) in [5, 5.41) is 1.70. The molecule has 0 aliphatic heterocycles. The smallest absolute Gasteiger partial charge is 0.416 e. The first kappa shape index (κ1) is 26.2. The monoisotopic (exact) mass is 542 g/mol. The van der Waals surface area contributed by atoms with Gasteiger partial charge in [-0.3, -0.25) is 0 Å². The Bertz CT molecular complexity index is 1350. The molecule has 180 valence electrons. The lowest BCUT2D eigenvalue weighted by Gasteiger charge is -2.06. The van der Waals surface area contributed by atoms with Gasteiger partial charge in [0, 0.05) is 4.47 Å². The zero-order valence-electron chi connectivity index (χ0n) is 18.9. The molecule has 35 heavy (non-hydrogen) atoms. The van der Waals surface area contributed by atoms with Crippen LogP contribution >= 0.6 is 15.9 Å². The van der Waals surface area contributed by atoms with Crippen LogP contribution in [0, 0.1) is 5.82 Å². The summed E-state index contributed by atoms with van der Waals surface area (Å²) >= 11 is 3.50. The Morgan fingerprint density at radius 2 is 1.51 bits per heavy atom. The van der Waals surface area contributed by atoms with Crippen molar-refractivity contribution in [3.05, 3.63) is 140 Å². The molecule has 0 saturated heterocycles. The van der Waals surface area contributed by atoms with Gasteiger partial charge < -0.3 is 4.74 Å². The predicted molar refractivity (Wildman–Crippen MR) is 136 cm³/mol. The first-order valence-corrected chi connectivity index (χ1v) is 11.5. The van der Waals surface area contributed by atoms with Crippen molar-refractivity contribution in [3.63, 3.8) is 0 Å². The van der Waals surface area contributed by atoms with Crippen molar-refractivity contribution < 1.29 is 22.3 Å². The third-order valence-corrected chi connectivity index (χ3v) is 5.80. The summed E-state index contributed by atoms with van der Waals surface area (Å²) in [4.78, 5) is 0. The molecule has 0 aromatic heterocycles. The van der Waals surface area contributed by atoms with E-state index in [9.17, 15) is 17.6 Å². The molecule has 1 nitrogen and oxygen atoms in total. The molecule has 0 fully saturated rings. The van der Waals surface area contributed by atoms with Crippen LogP contribution in [0.25, 0.3) is 12.2 Å². The normalized spacial score (nSPS) is 14.3. The standard InChI is InChI=1S/C21H13BrF4.C8H10O/c22-20-3-1-2-16(19(20)13-15-6-10-18(23)11-7-15)12-14-4-8-17(9-5-14)21(24,25)26;1-7-3-5-8(9-2)6-4-7/h1-13H;3,5-6H,1,4H2,2H3. The number of halogens is 5. The Morgan fingerprint density at radius 1 is 0.886 bits per heavy atom. The van der Waals surface area contributed by atoms with Crippen LogP contribution < -0.4 is 10.4 Å². The first-order chi connectivity index (χ1) is 16.7. The highest BCUT2D eigenvalue weighted by molar-refractivity contribution is 9.10. The van der Waals surface area contributed by atoms with Gasteiger partial charge in [-0.1, -0.05) is 70.6 Å². The molecule has 0 bridgehead atoms. The highest BCUT2D eigenvalue weighted by Crippen LogP contribution is 2.29. The summed E-state index contributed by atoms with van der Waals surface area (Å²) in [5.74, 6) is 0.619. The van der Waals surface area contributed by atoms with Crippen molar-refractivity contribution >= 4 is 28.1 Å². The Kier molecular flexibility index (Phi) is 8.88. The largest absolute Gasteiger partial charge is 0.497 e. The van der Waals surface area contributed by atoms with Crippen LogP contribution in [0.15, 0.2) is 107 Å². The number of rotatable bonds is 3. The number of ether oxygens (including phenoxy) is 1. The maximum Gasteiger partial charge on any atom is 0.416 e. The lowest BCUT2D eigenvalue weighted by Crippen LogP contribution is -2.25. The number of hydrogen-bond acceptors (Lipinski definition) is 1. The molecular weight excluding hydrogens is 520 g/mol. The SMILES string of the molecule is C=C1C=CC(OC)=CC1.Fc1ccc(C=c2c(Br)cccc2=Cc2ccc(C(F)(F)F)cc2)cc1. The number of methoxy groups -OCH3 is 1. The van der Waals surface area contributed by atoms with Gasteiger partial charge in [-0.05, 0) is 82.6 Å². The van der Waals surface area contributed by atoms with E-state index < -0.39 is 11.7 Å². The maximum absolute atomic E-state index is 13.1. The van der Waals surface area contributed by atoms with Crippen molar-refractivity contribution in [1.29, 1.82) is 0 Å². The lowest BCUT2D eigenvalue weighted by atomic mass is 10.1. The van der Waals surface area contributed by atoms with Crippen LogP contribution in [-0.4, -0.2) is 7.11 Å². The molecule has 0 spiro atoms. The van der Waals surface area contributed by atoms with E-state index in [1.54, 1.807) is 25.3 Å². The third-order valence-electron chi connectivity index (χ3n) is 5.11. The van der Waals surface area contributed by atoms with Gasteiger partial charge in [0.1, 0.15) is 11.6 Å². The fourth-order valence-electron chi connectivity index (χ4n) is 3.22. The van der Waals surface area contributed by atoms with Crippen molar-refractivity contribution in [2.75, 3.05) is 7.11 Å². The topological polar surface area (TPSA) is 9.23 Å². The van der Waals surface area contributed by atoms with Gasteiger partial charge in [-0.2, -0.15) is 13.2 Å². The van der Waals surface area contributed by atoms with E-state index in [1.807, 2.05) is 42.5 Å². The van der Waals surface area contributed by atoms with Crippen molar-refractivity contribution in [1.82, 2.24) is 0 Å². The Balaban J connectivity index is 0.000000320. The summed E-state index contributed by atoms with van der Waals surface area (Å²) in [6.45, 7) is 3.80. The second-order valence-corrected chi connectivity index (χ2v) is 8.56. The second kappa shape index (κ2) is 11.8. The van der Waals surface area contributed by atoms with Crippen LogP contribution in [0.1, 0.15) is 23.1 Å². The van der Waals surface area contributed by atoms with Gasteiger partial charge in [-0.25, -0.2) is 4.39 Å². The van der Waals surface area contributed by atoms with E-state index in [2.05, 4.69) is 22.5 Å². The highest BCUT2D eigenvalue weighted by Gasteiger charge is 2.29. The van der Waals surface area contributed by atoms with E-state index in [-0.39, 0.29) is 5.82 Å². The molecule has 0 N–H and O–H groups in total. The average Bonchev–Trinajstić information content (AvgIpc) is 2.83. The zero-order chi connectivity index (χ0) is 25.4. The molecule has 0 radical (unpaired) electrons. The molecule has 3 aromatic rings. The van der Waals surface area contributed by atoms with Gasteiger partial charge in [0.15, 0.2) is 0 Å². The molecule has 4 rings (SSSR count). The summed E-state index contributed by atoms with van der Waals surface area (Å²) in [7, 11) is 1.67. The first-order valence-electron chi connectivity index (χ1n) is 10.7. The average molecular weight is 543 g/mol. The molecule has 0 saturated carbocycles. The Labute approximate surface area is 210 Å². The van der Waals surface area contributed by atoms with E-state index in [1.165, 1.54) is 24.3 Å². The van der Waals surface area contributed by atoms with Crippen LogP contribution in [0.3, 0.4) is 0 Å². The summed E-state index contributed by atoms with van der Waals surface area (Å²) in [6, 6.07) is 16.7. The van der Waals surface area contributed by atoms with Crippen molar-refractivity contribution in [2.24, 2.45) is 0 Å². The Morgan fingerprint density at radius 3 is 2.09 bits per heavy atom. The quantitative estimate of drug-likeness (QED) is 0.315. The van der Waals surface area contributed by atoms with E-state index in [4.69, 9.17) is 4.74 Å². The molecule has 0 unspecified atom stereocenters.